The van der Waals surface area contributed by atoms with Gasteiger partial charge in [-0.2, -0.15) is 0 Å². The van der Waals surface area contributed by atoms with Crippen LogP contribution in [0.4, 0.5) is 5.69 Å². The maximum absolute atomic E-state index is 11.2. The van der Waals surface area contributed by atoms with Gasteiger partial charge in [-0.1, -0.05) is 29.8 Å². The minimum atomic E-state index is -0.460. The highest BCUT2D eigenvalue weighted by atomic mass is 79.9. The van der Waals surface area contributed by atoms with Gasteiger partial charge in [-0.3, -0.25) is 14.9 Å². The van der Waals surface area contributed by atoms with Crippen molar-refractivity contribution >= 4 is 27.5 Å². The van der Waals surface area contributed by atoms with E-state index in [0.717, 1.165) is 0 Å². The van der Waals surface area contributed by atoms with E-state index in [1.165, 1.54) is 12.1 Å². The maximum Gasteiger partial charge on any atom is 0.270 e. The summed E-state index contributed by atoms with van der Waals surface area (Å²) in [4.78, 5) is 21.5. The molecule has 7 heteroatoms. The van der Waals surface area contributed by atoms with Crippen LogP contribution < -0.4 is 11.1 Å². The monoisotopic (exact) mass is 329 g/mol. The van der Waals surface area contributed by atoms with E-state index in [0.29, 0.717) is 16.6 Å². The number of primary amides is 1. The van der Waals surface area contributed by atoms with Gasteiger partial charge in [0.15, 0.2) is 0 Å². The zero-order chi connectivity index (χ0) is 14.6. The van der Waals surface area contributed by atoms with Gasteiger partial charge < -0.3 is 11.1 Å². The lowest BCUT2D eigenvalue weighted by Crippen LogP contribution is -2.44. The number of halogens is 1. The molecule has 1 atom stereocenters. The second-order valence-electron chi connectivity index (χ2n) is 4.58. The standard InChI is InChI=1S/C12H16BrN3O3/c1-7(2)11(12(14)17)15-6-8-3-9(13)5-10(4-8)16(18)19/h3-5,7,11,15H,6H2,1-2H3,(H2,14,17). The maximum atomic E-state index is 11.2. The Kier molecular flexibility index (Phi) is 5.44. The third kappa shape index (κ3) is 4.60. The van der Waals surface area contributed by atoms with E-state index in [4.69, 9.17) is 5.73 Å². The zero-order valence-electron chi connectivity index (χ0n) is 10.7. The molecule has 6 nitrogen and oxygen atoms in total. The molecule has 0 aliphatic heterocycles. The Morgan fingerprint density at radius 2 is 2.11 bits per heavy atom. The lowest BCUT2D eigenvalue weighted by atomic mass is 10.0. The summed E-state index contributed by atoms with van der Waals surface area (Å²) >= 11 is 3.22. The number of nitro groups is 1. The molecule has 0 bridgehead atoms. The molecule has 1 amide bonds. The number of benzene rings is 1. The van der Waals surface area contributed by atoms with Crippen molar-refractivity contribution in [1.29, 1.82) is 0 Å². The molecule has 3 N–H and O–H groups in total. The zero-order valence-corrected chi connectivity index (χ0v) is 12.3. The number of nitrogens with two attached hydrogens (primary N) is 1. The first-order valence-corrected chi connectivity index (χ1v) is 6.57. The number of nitrogens with one attached hydrogen (secondary N) is 1. The third-order valence-electron chi connectivity index (χ3n) is 2.65. The molecule has 1 aromatic carbocycles. The molecule has 0 aliphatic carbocycles. The van der Waals surface area contributed by atoms with Gasteiger partial charge in [0.05, 0.1) is 11.0 Å². The van der Waals surface area contributed by atoms with Crippen molar-refractivity contribution in [3.63, 3.8) is 0 Å². The van der Waals surface area contributed by atoms with Gasteiger partial charge in [0.2, 0.25) is 5.91 Å². The van der Waals surface area contributed by atoms with Crippen LogP contribution in [-0.4, -0.2) is 16.9 Å². The molecule has 1 aromatic rings. The van der Waals surface area contributed by atoms with Crippen LogP contribution >= 0.6 is 15.9 Å². The lowest BCUT2D eigenvalue weighted by molar-refractivity contribution is -0.385. The second-order valence-corrected chi connectivity index (χ2v) is 5.50. The Labute approximate surface area is 119 Å². The molecule has 0 saturated carbocycles. The minimum Gasteiger partial charge on any atom is -0.368 e. The van der Waals surface area contributed by atoms with Gasteiger partial charge in [-0.25, -0.2) is 0 Å². The van der Waals surface area contributed by atoms with Crippen LogP contribution in [-0.2, 0) is 11.3 Å². The van der Waals surface area contributed by atoms with E-state index in [-0.39, 0.29) is 11.6 Å². The highest BCUT2D eigenvalue weighted by Gasteiger charge is 2.19. The number of hydrogen-bond acceptors (Lipinski definition) is 4. The van der Waals surface area contributed by atoms with E-state index >= 15 is 0 Å². The Bertz CT molecular complexity index is 491. The predicted octanol–water partition coefficient (Wildman–Crippen LogP) is 1.96. The molecule has 0 spiro atoms. The highest BCUT2D eigenvalue weighted by molar-refractivity contribution is 9.10. The van der Waals surface area contributed by atoms with E-state index in [9.17, 15) is 14.9 Å². The normalized spacial score (nSPS) is 12.4. The number of hydrogen-bond donors (Lipinski definition) is 2. The lowest BCUT2D eigenvalue weighted by Gasteiger charge is -2.18. The van der Waals surface area contributed by atoms with Gasteiger partial charge in [0, 0.05) is 23.2 Å². The van der Waals surface area contributed by atoms with Gasteiger partial charge in [-0.05, 0) is 17.5 Å². The number of amides is 1. The Balaban J connectivity index is 2.82. The van der Waals surface area contributed by atoms with Crippen LogP contribution in [0.3, 0.4) is 0 Å². The molecule has 0 saturated heterocycles. The topological polar surface area (TPSA) is 98.3 Å². The summed E-state index contributed by atoms with van der Waals surface area (Å²) in [6, 6.07) is 4.20. The average molecular weight is 330 g/mol. The molecule has 0 fully saturated rings. The minimum absolute atomic E-state index is 0.00588. The Hall–Kier alpha value is -1.47. The van der Waals surface area contributed by atoms with Crippen molar-refractivity contribution < 1.29 is 9.72 Å². The molecule has 0 radical (unpaired) electrons. The van der Waals surface area contributed by atoms with Gasteiger partial charge >= 0.3 is 0 Å². The summed E-state index contributed by atoms with van der Waals surface area (Å²) in [6.45, 7) is 4.10. The summed E-state index contributed by atoms with van der Waals surface area (Å²) < 4.78 is 0.624. The number of non-ortho nitro benzene ring substituents is 1. The molecule has 0 aromatic heterocycles. The Morgan fingerprint density at radius 3 is 2.58 bits per heavy atom. The smallest absolute Gasteiger partial charge is 0.270 e. The predicted molar refractivity (Wildman–Crippen MR) is 75.5 cm³/mol. The second kappa shape index (κ2) is 6.63. The van der Waals surface area contributed by atoms with Crippen LogP contribution in [0, 0.1) is 16.0 Å². The number of carbonyl (C=O) groups is 1. The highest BCUT2D eigenvalue weighted by Crippen LogP contribution is 2.21. The van der Waals surface area contributed by atoms with Crippen LogP contribution in [0.15, 0.2) is 22.7 Å². The summed E-state index contributed by atoms with van der Waals surface area (Å²) in [5.74, 6) is -0.376. The summed E-state index contributed by atoms with van der Waals surface area (Å²) in [5, 5.41) is 13.8. The fourth-order valence-corrected chi connectivity index (χ4v) is 2.26. The number of rotatable bonds is 6. The van der Waals surface area contributed by atoms with Crippen molar-refractivity contribution in [2.45, 2.75) is 26.4 Å². The van der Waals surface area contributed by atoms with E-state index in [1.807, 2.05) is 13.8 Å². The van der Waals surface area contributed by atoms with Crippen molar-refractivity contribution in [1.82, 2.24) is 5.32 Å². The SMILES string of the molecule is CC(C)C(NCc1cc(Br)cc([N+](=O)[O-])c1)C(N)=O. The number of nitro benzene ring substituents is 1. The fourth-order valence-electron chi connectivity index (χ4n) is 1.73. The average Bonchev–Trinajstić information content (AvgIpc) is 2.27. The molecule has 0 heterocycles. The van der Waals surface area contributed by atoms with Crippen molar-refractivity contribution in [3.05, 3.63) is 38.3 Å². The van der Waals surface area contributed by atoms with Gasteiger partial charge in [-0.15, -0.1) is 0 Å². The van der Waals surface area contributed by atoms with Gasteiger partial charge in [0.1, 0.15) is 0 Å². The molecule has 0 aliphatic rings. The molecule has 1 rings (SSSR count). The van der Waals surface area contributed by atoms with Crippen molar-refractivity contribution in [3.8, 4) is 0 Å². The van der Waals surface area contributed by atoms with Crippen molar-refractivity contribution in [2.24, 2.45) is 11.7 Å². The third-order valence-corrected chi connectivity index (χ3v) is 3.11. The Morgan fingerprint density at radius 1 is 1.47 bits per heavy atom. The largest absolute Gasteiger partial charge is 0.368 e. The molecule has 104 valence electrons. The summed E-state index contributed by atoms with van der Waals surface area (Å²) in [7, 11) is 0. The first-order valence-electron chi connectivity index (χ1n) is 5.78. The number of carbonyl (C=O) groups excluding carboxylic acids is 1. The first kappa shape index (κ1) is 15.6. The molecular weight excluding hydrogens is 314 g/mol. The van der Waals surface area contributed by atoms with E-state index in [1.54, 1.807) is 6.07 Å². The summed E-state index contributed by atoms with van der Waals surface area (Å²) in [6.07, 6.45) is 0. The van der Waals surface area contributed by atoms with Crippen LogP contribution in [0.5, 0.6) is 0 Å². The van der Waals surface area contributed by atoms with Crippen LogP contribution in [0.1, 0.15) is 19.4 Å². The van der Waals surface area contributed by atoms with Crippen LogP contribution in [0.25, 0.3) is 0 Å². The molecule has 19 heavy (non-hydrogen) atoms. The fraction of sp³-hybridized carbons (Fsp3) is 0.417. The molecule has 1 unspecified atom stereocenters. The first-order chi connectivity index (χ1) is 8.81. The van der Waals surface area contributed by atoms with E-state index in [2.05, 4.69) is 21.2 Å². The summed E-state index contributed by atoms with van der Waals surface area (Å²) in [5.41, 5.74) is 6.01. The quantitative estimate of drug-likeness (QED) is 0.615. The number of nitrogens with zero attached hydrogens (tertiary/aromatic N) is 1. The van der Waals surface area contributed by atoms with Crippen LogP contribution in [0.2, 0.25) is 0 Å². The molecular formula is C12H16BrN3O3. The van der Waals surface area contributed by atoms with Gasteiger partial charge in [0.25, 0.3) is 5.69 Å². The van der Waals surface area contributed by atoms with E-state index < -0.39 is 16.9 Å². The van der Waals surface area contributed by atoms with Crippen molar-refractivity contribution in [2.75, 3.05) is 0 Å².